The van der Waals surface area contributed by atoms with Gasteiger partial charge in [0.2, 0.25) is 5.91 Å². The van der Waals surface area contributed by atoms with Gasteiger partial charge < -0.3 is 10.4 Å². The number of aliphatic hydroxyl groups excluding tert-OH is 1. The number of rotatable bonds is 6. The number of aliphatic hydroxyl groups is 1. The molecule has 0 saturated carbocycles. The molecule has 0 aliphatic heterocycles. The van der Waals surface area contributed by atoms with E-state index in [4.69, 9.17) is 11.6 Å². The zero-order valence-corrected chi connectivity index (χ0v) is 13.4. The van der Waals surface area contributed by atoms with Gasteiger partial charge in [0.25, 0.3) is 0 Å². The second-order valence-electron chi connectivity index (χ2n) is 5.83. The summed E-state index contributed by atoms with van der Waals surface area (Å²) in [6, 6.07) is 7.36. The number of carbonyl (C=O) groups is 1. The average Bonchev–Trinajstić information content (AvgIpc) is 2.40. The molecule has 0 spiro atoms. The van der Waals surface area contributed by atoms with Crippen LogP contribution in [0.5, 0.6) is 0 Å². The van der Waals surface area contributed by atoms with Crippen LogP contribution < -0.4 is 5.32 Å². The zero-order chi connectivity index (χ0) is 15.3. The van der Waals surface area contributed by atoms with E-state index < -0.39 is 5.54 Å². The number of carbonyl (C=O) groups excluding carboxylic acids is 1. The van der Waals surface area contributed by atoms with Gasteiger partial charge in [-0.25, -0.2) is 0 Å². The number of nitrogens with one attached hydrogen (secondary N) is 1. The predicted octanol–water partition coefficient (Wildman–Crippen LogP) is 3.36. The Balaban J connectivity index is 2.97. The Kier molecular flexibility index (Phi) is 6.03. The van der Waals surface area contributed by atoms with E-state index in [9.17, 15) is 9.90 Å². The first kappa shape index (κ1) is 17.0. The van der Waals surface area contributed by atoms with Crippen LogP contribution in [-0.4, -0.2) is 23.2 Å². The van der Waals surface area contributed by atoms with E-state index in [0.717, 1.165) is 5.56 Å². The van der Waals surface area contributed by atoms with Crippen molar-refractivity contribution in [3.63, 3.8) is 0 Å². The summed E-state index contributed by atoms with van der Waals surface area (Å²) in [5.74, 6) is -0.138. The molecule has 0 saturated heterocycles. The van der Waals surface area contributed by atoms with Crippen LogP contribution in [0.2, 0.25) is 5.02 Å². The second-order valence-corrected chi connectivity index (χ2v) is 6.27. The summed E-state index contributed by atoms with van der Waals surface area (Å²) in [7, 11) is 0. The Labute approximate surface area is 126 Å². The van der Waals surface area contributed by atoms with Gasteiger partial charge in [-0.3, -0.25) is 4.79 Å². The summed E-state index contributed by atoms with van der Waals surface area (Å²) in [5, 5.41) is 13.1. The van der Waals surface area contributed by atoms with E-state index in [1.165, 1.54) is 0 Å². The quantitative estimate of drug-likeness (QED) is 0.846. The minimum absolute atomic E-state index is 0.0549. The van der Waals surface area contributed by atoms with Gasteiger partial charge in [-0.05, 0) is 37.0 Å². The molecule has 0 heterocycles. The smallest absolute Gasteiger partial charge is 0.228 e. The molecule has 2 atom stereocenters. The highest BCUT2D eigenvalue weighted by atomic mass is 35.5. The molecular formula is C16H24ClNO2. The standard InChI is InChI=1S/C16H24ClNO2/c1-5-16(4,10-19)18-15(20)14(11(2)3)12-6-8-13(17)9-7-12/h6-9,11,14,19H,5,10H2,1-4H3,(H,18,20). The van der Waals surface area contributed by atoms with Crippen LogP contribution in [0.25, 0.3) is 0 Å². The number of halogens is 1. The number of amides is 1. The first-order chi connectivity index (χ1) is 9.33. The fraction of sp³-hybridized carbons (Fsp3) is 0.562. The van der Waals surface area contributed by atoms with Gasteiger partial charge in [-0.15, -0.1) is 0 Å². The average molecular weight is 298 g/mol. The Hall–Kier alpha value is -1.06. The maximum absolute atomic E-state index is 12.5. The van der Waals surface area contributed by atoms with Crippen molar-refractivity contribution in [2.75, 3.05) is 6.61 Å². The summed E-state index contributed by atoms with van der Waals surface area (Å²) in [4.78, 5) is 12.5. The monoisotopic (exact) mass is 297 g/mol. The molecule has 112 valence electrons. The summed E-state index contributed by atoms with van der Waals surface area (Å²) in [6.45, 7) is 7.76. The van der Waals surface area contributed by atoms with Crippen molar-refractivity contribution >= 4 is 17.5 Å². The molecule has 0 bridgehead atoms. The summed E-state index contributed by atoms with van der Waals surface area (Å²) in [6.07, 6.45) is 0.681. The fourth-order valence-corrected chi connectivity index (χ4v) is 2.25. The molecule has 1 aromatic rings. The van der Waals surface area contributed by atoms with Gasteiger partial charge in [0, 0.05) is 5.02 Å². The van der Waals surface area contributed by atoms with Crippen LogP contribution in [-0.2, 0) is 4.79 Å². The van der Waals surface area contributed by atoms with E-state index >= 15 is 0 Å². The van der Waals surface area contributed by atoms with E-state index in [2.05, 4.69) is 5.32 Å². The van der Waals surface area contributed by atoms with E-state index in [1.54, 1.807) is 12.1 Å². The second kappa shape index (κ2) is 7.09. The molecule has 2 N–H and O–H groups in total. The fourth-order valence-electron chi connectivity index (χ4n) is 2.12. The van der Waals surface area contributed by atoms with Crippen LogP contribution >= 0.6 is 11.6 Å². The molecule has 0 aromatic heterocycles. The number of hydrogen-bond acceptors (Lipinski definition) is 2. The van der Waals surface area contributed by atoms with Gasteiger partial charge in [0.1, 0.15) is 0 Å². The lowest BCUT2D eigenvalue weighted by Gasteiger charge is -2.31. The molecule has 0 fully saturated rings. The number of hydrogen-bond donors (Lipinski definition) is 2. The summed E-state index contributed by atoms with van der Waals surface area (Å²) in [5.41, 5.74) is 0.370. The van der Waals surface area contributed by atoms with Crippen molar-refractivity contribution in [3.8, 4) is 0 Å². The van der Waals surface area contributed by atoms with E-state index in [0.29, 0.717) is 11.4 Å². The Morgan fingerprint density at radius 2 is 1.90 bits per heavy atom. The highest BCUT2D eigenvalue weighted by Gasteiger charge is 2.30. The van der Waals surface area contributed by atoms with Crippen LogP contribution in [0.1, 0.15) is 45.6 Å². The van der Waals surface area contributed by atoms with E-state index in [1.807, 2.05) is 39.8 Å². The normalized spacial score (nSPS) is 15.8. The summed E-state index contributed by atoms with van der Waals surface area (Å²) < 4.78 is 0. The molecular weight excluding hydrogens is 274 g/mol. The first-order valence-electron chi connectivity index (χ1n) is 7.01. The van der Waals surface area contributed by atoms with Crippen LogP contribution in [0.4, 0.5) is 0 Å². The highest BCUT2D eigenvalue weighted by Crippen LogP contribution is 2.27. The van der Waals surface area contributed by atoms with Crippen molar-refractivity contribution in [1.82, 2.24) is 5.32 Å². The third kappa shape index (κ3) is 4.22. The largest absolute Gasteiger partial charge is 0.394 e. The van der Waals surface area contributed by atoms with Gasteiger partial charge in [-0.1, -0.05) is 44.5 Å². The topological polar surface area (TPSA) is 49.3 Å². The van der Waals surface area contributed by atoms with Crippen molar-refractivity contribution in [2.45, 2.75) is 45.6 Å². The lowest BCUT2D eigenvalue weighted by atomic mass is 9.86. The first-order valence-corrected chi connectivity index (χ1v) is 7.39. The van der Waals surface area contributed by atoms with Crippen molar-refractivity contribution in [1.29, 1.82) is 0 Å². The van der Waals surface area contributed by atoms with Crippen molar-refractivity contribution in [3.05, 3.63) is 34.9 Å². The minimum atomic E-state index is -0.573. The van der Waals surface area contributed by atoms with Gasteiger partial charge in [0.15, 0.2) is 0 Å². The lowest BCUT2D eigenvalue weighted by Crippen LogP contribution is -2.50. The summed E-state index contributed by atoms with van der Waals surface area (Å²) >= 11 is 5.89. The molecule has 20 heavy (non-hydrogen) atoms. The molecule has 1 aromatic carbocycles. The Morgan fingerprint density at radius 1 is 1.35 bits per heavy atom. The molecule has 1 rings (SSSR count). The molecule has 4 heteroatoms. The molecule has 0 aliphatic carbocycles. The van der Waals surface area contributed by atoms with Gasteiger partial charge in [-0.2, -0.15) is 0 Å². The van der Waals surface area contributed by atoms with Crippen molar-refractivity contribution in [2.24, 2.45) is 5.92 Å². The van der Waals surface area contributed by atoms with Crippen LogP contribution in [0, 0.1) is 5.92 Å². The molecule has 0 radical (unpaired) electrons. The van der Waals surface area contributed by atoms with Gasteiger partial charge >= 0.3 is 0 Å². The molecule has 1 amide bonds. The Morgan fingerprint density at radius 3 is 2.30 bits per heavy atom. The van der Waals surface area contributed by atoms with Gasteiger partial charge in [0.05, 0.1) is 18.1 Å². The SMILES string of the molecule is CCC(C)(CO)NC(=O)C(c1ccc(Cl)cc1)C(C)C. The van der Waals surface area contributed by atoms with Crippen molar-refractivity contribution < 1.29 is 9.90 Å². The third-order valence-corrected chi connectivity index (χ3v) is 3.98. The van der Waals surface area contributed by atoms with E-state index in [-0.39, 0.29) is 24.3 Å². The zero-order valence-electron chi connectivity index (χ0n) is 12.6. The Bertz CT molecular complexity index is 438. The molecule has 3 nitrogen and oxygen atoms in total. The third-order valence-electron chi connectivity index (χ3n) is 3.73. The number of benzene rings is 1. The van der Waals surface area contributed by atoms with Crippen LogP contribution in [0.15, 0.2) is 24.3 Å². The minimum Gasteiger partial charge on any atom is -0.394 e. The maximum atomic E-state index is 12.5. The predicted molar refractivity (Wildman–Crippen MR) is 83.0 cm³/mol. The lowest BCUT2D eigenvalue weighted by molar-refractivity contribution is -0.125. The molecule has 0 aliphatic rings. The van der Waals surface area contributed by atoms with Crippen LogP contribution in [0.3, 0.4) is 0 Å². The maximum Gasteiger partial charge on any atom is 0.228 e. The highest BCUT2D eigenvalue weighted by molar-refractivity contribution is 6.30. The molecule has 2 unspecified atom stereocenters.